The standard InChI is InChI=1S/C20H18F3N3O4/c1-9-12-4-5-26(18(12)25-8-24-9)19-15(28)14(27)17(30-19)16-13-3-2-11(20(21,22)23)6-10(13)7-29-16/h2-6,8,14-17,19,27-28H,7H2,1H3/t14-,15+,16+,17-,19+/m0/s1. The molecule has 1 fully saturated rings. The normalized spacial score (nSPS) is 28.9. The lowest BCUT2D eigenvalue weighted by molar-refractivity contribution is -0.137. The third kappa shape index (κ3) is 2.90. The molecule has 0 radical (unpaired) electrons. The van der Waals surface area contributed by atoms with Gasteiger partial charge in [-0.2, -0.15) is 13.2 Å². The van der Waals surface area contributed by atoms with Gasteiger partial charge in [-0.25, -0.2) is 9.97 Å². The number of benzene rings is 1. The first-order valence-corrected chi connectivity index (χ1v) is 9.37. The molecule has 7 nitrogen and oxygen atoms in total. The number of ether oxygens (including phenoxy) is 2. The fraction of sp³-hybridized carbons (Fsp3) is 0.400. The van der Waals surface area contributed by atoms with Gasteiger partial charge < -0.3 is 24.3 Å². The Labute approximate surface area is 168 Å². The van der Waals surface area contributed by atoms with Crippen molar-refractivity contribution in [3.63, 3.8) is 0 Å². The van der Waals surface area contributed by atoms with Crippen molar-refractivity contribution in [1.29, 1.82) is 0 Å². The zero-order chi connectivity index (χ0) is 21.2. The number of hydrogen-bond donors (Lipinski definition) is 2. The zero-order valence-corrected chi connectivity index (χ0v) is 15.7. The van der Waals surface area contributed by atoms with Crippen molar-refractivity contribution in [2.75, 3.05) is 0 Å². The molecule has 2 aromatic heterocycles. The van der Waals surface area contributed by atoms with Crippen LogP contribution in [0.1, 0.15) is 34.7 Å². The highest BCUT2D eigenvalue weighted by atomic mass is 19.4. The third-order valence-corrected chi connectivity index (χ3v) is 5.75. The number of aliphatic hydroxyl groups excluding tert-OH is 2. The molecule has 158 valence electrons. The van der Waals surface area contributed by atoms with Crippen LogP contribution in [0.4, 0.5) is 13.2 Å². The van der Waals surface area contributed by atoms with Gasteiger partial charge >= 0.3 is 6.18 Å². The predicted molar refractivity (Wildman–Crippen MR) is 97.2 cm³/mol. The highest BCUT2D eigenvalue weighted by Gasteiger charge is 2.50. The molecule has 10 heteroatoms. The van der Waals surface area contributed by atoms with E-state index < -0.39 is 42.4 Å². The molecule has 5 atom stereocenters. The number of fused-ring (bicyclic) bond motifs is 2. The fourth-order valence-corrected chi connectivity index (χ4v) is 4.19. The molecule has 2 aliphatic rings. The van der Waals surface area contributed by atoms with Crippen LogP contribution in [0.5, 0.6) is 0 Å². The van der Waals surface area contributed by atoms with Crippen molar-refractivity contribution in [2.45, 2.75) is 50.4 Å². The average molecular weight is 421 g/mol. The Morgan fingerprint density at radius 2 is 1.93 bits per heavy atom. The Kier molecular flexibility index (Phi) is 4.37. The predicted octanol–water partition coefficient (Wildman–Crippen LogP) is 2.65. The molecule has 0 aliphatic carbocycles. The van der Waals surface area contributed by atoms with Crippen LogP contribution >= 0.6 is 0 Å². The van der Waals surface area contributed by atoms with E-state index in [1.165, 1.54) is 12.4 Å². The number of aromatic nitrogens is 3. The van der Waals surface area contributed by atoms with E-state index in [-0.39, 0.29) is 6.61 Å². The lowest BCUT2D eigenvalue weighted by atomic mass is 9.96. The van der Waals surface area contributed by atoms with Gasteiger partial charge in [-0.3, -0.25) is 0 Å². The molecule has 0 amide bonds. The molecule has 4 heterocycles. The number of aryl methyl sites for hydroxylation is 1. The van der Waals surface area contributed by atoms with Gasteiger partial charge in [0.05, 0.1) is 17.9 Å². The van der Waals surface area contributed by atoms with Crippen LogP contribution in [-0.2, 0) is 22.3 Å². The zero-order valence-electron chi connectivity index (χ0n) is 15.7. The molecule has 0 bridgehead atoms. The molecule has 2 N–H and O–H groups in total. The van der Waals surface area contributed by atoms with Gasteiger partial charge in [0, 0.05) is 11.6 Å². The summed E-state index contributed by atoms with van der Waals surface area (Å²) in [6, 6.07) is 5.16. The van der Waals surface area contributed by atoms with Gasteiger partial charge in [-0.15, -0.1) is 0 Å². The molecule has 30 heavy (non-hydrogen) atoms. The van der Waals surface area contributed by atoms with Crippen LogP contribution < -0.4 is 0 Å². The van der Waals surface area contributed by atoms with Gasteiger partial charge in [-0.05, 0) is 36.2 Å². The summed E-state index contributed by atoms with van der Waals surface area (Å²) in [6.45, 7) is 1.80. The van der Waals surface area contributed by atoms with Crippen molar-refractivity contribution < 1.29 is 32.9 Å². The maximum atomic E-state index is 13.0. The Bertz CT molecular complexity index is 1120. The SMILES string of the molecule is Cc1ncnc2c1ccn2[C@@H]1O[C@H]([C@@H]2OCc3cc(C(F)(F)F)ccc32)[C@@H](O)[C@H]1O. The van der Waals surface area contributed by atoms with Gasteiger partial charge in [0.15, 0.2) is 6.23 Å². The number of hydrogen-bond acceptors (Lipinski definition) is 6. The summed E-state index contributed by atoms with van der Waals surface area (Å²) in [5.41, 5.74) is 1.44. The van der Waals surface area contributed by atoms with Crippen LogP contribution in [0.2, 0.25) is 0 Å². The van der Waals surface area contributed by atoms with Crippen LogP contribution in [0.3, 0.4) is 0 Å². The molecule has 0 unspecified atom stereocenters. The Morgan fingerprint density at radius 3 is 2.70 bits per heavy atom. The topological polar surface area (TPSA) is 89.6 Å². The second kappa shape index (κ2) is 6.74. The maximum Gasteiger partial charge on any atom is 0.416 e. The van der Waals surface area contributed by atoms with Crippen molar-refractivity contribution >= 4 is 11.0 Å². The van der Waals surface area contributed by atoms with Gasteiger partial charge in [-0.1, -0.05) is 6.07 Å². The fourth-order valence-electron chi connectivity index (χ4n) is 4.19. The highest BCUT2D eigenvalue weighted by molar-refractivity contribution is 5.78. The second-order valence-corrected chi connectivity index (χ2v) is 7.53. The van der Waals surface area contributed by atoms with Crippen LogP contribution in [0.25, 0.3) is 11.0 Å². The Morgan fingerprint density at radius 1 is 1.13 bits per heavy atom. The van der Waals surface area contributed by atoms with E-state index in [9.17, 15) is 23.4 Å². The van der Waals surface area contributed by atoms with Gasteiger partial charge in [0.1, 0.15) is 36.4 Å². The number of nitrogens with zero attached hydrogens (tertiary/aromatic N) is 3. The summed E-state index contributed by atoms with van der Waals surface area (Å²) in [7, 11) is 0. The highest BCUT2D eigenvalue weighted by Crippen LogP contribution is 2.44. The van der Waals surface area contributed by atoms with Crippen molar-refractivity contribution in [3.05, 3.63) is 59.2 Å². The van der Waals surface area contributed by atoms with Gasteiger partial charge in [0.2, 0.25) is 0 Å². The first kappa shape index (κ1) is 19.4. The number of aliphatic hydroxyl groups is 2. The molecule has 1 aromatic carbocycles. The third-order valence-electron chi connectivity index (χ3n) is 5.75. The summed E-state index contributed by atoms with van der Waals surface area (Å²) < 4.78 is 52.2. The van der Waals surface area contributed by atoms with E-state index in [0.717, 1.165) is 23.2 Å². The van der Waals surface area contributed by atoms with E-state index in [0.29, 0.717) is 16.8 Å². The van der Waals surface area contributed by atoms with Crippen LogP contribution in [0, 0.1) is 6.92 Å². The first-order chi connectivity index (χ1) is 14.3. The molecule has 0 spiro atoms. The molecular formula is C20H18F3N3O4. The maximum absolute atomic E-state index is 13.0. The van der Waals surface area contributed by atoms with Crippen molar-refractivity contribution in [1.82, 2.24) is 14.5 Å². The Hall–Kier alpha value is -2.53. The summed E-state index contributed by atoms with van der Waals surface area (Å²) in [5, 5.41) is 22.1. The van der Waals surface area contributed by atoms with Gasteiger partial charge in [0.25, 0.3) is 0 Å². The summed E-state index contributed by atoms with van der Waals surface area (Å²) in [6.07, 6.45) is -6.62. The minimum atomic E-state index is -4.45. The lowest BCUT2D eigenvalue weighted by Crippen LogP contribution is -2.34. The van der Waals surface area contributed by atoms with E-state index >= 15 is 0 Å². The Balaban J connectivity index is 1.46. The van der Waals surface area contributed by atoms with Crippen molar-refractivity contribution in [3.8, 4) is 0 Å². The quantitative estimate of drug-likeness (QED) is 0.661. The van der Waals surface area contributed by atoms with Crippen LogP contribution in [-0.4, -0.2) is 43.1 Å². The molecule has 3 aromatic rings. The molecule has 2 aliphatic heterocycles. The summed E-state index contributed by atoms with van der Waals surface area (Å²) in [4.78, 5) is 8.37. The first-order valence-electron chi connectivity index (χ1n) is 9.37. The smallest absolute Gasteiger partial charge is 0.387 e. The van der Waals surface area contributed by atoms with E-state index in [1.807, 2.05) is 6.92 Å². The summed E-state index contributed by atoms with van der Waals surface area (Å²) in [5.74, 6) is 0. The number of rotatable bonds is 2. The number of halogens is 3. The summed E-state index contributed by atoms with van der Waals surface area (Å²) >= 11 is 0. The lowest BCUT2D eigenvalue weighted by Gasteiger charge is -2.22. The molecular weight excluding hydrogens is 403 g/mol. The molecule has 5 rings (SSSR count). The molecule has 1 saturated heterocycles. The monoisotopic (exact) mass is 421 g/mol. The largest absolute Gasteiger partial charge is 0.416 e. The van der Waals surface area contributed by atoms with E-state index in [4.69, 9.17) is 9.47 Å². The van der Waals surface area contributed by atoms with Crippen LogP contribution in [0.15, 0.2) is 36.8 Å². The minimum absolute atomic E-state index is 0.0316. The minimum Gasteiger partial charge on any atom is -0.387 e. The van der Waals surface area contributed by atoms with E-state index in [1.54, 1.807) is 16.8 Å². The molecule has 0 saturated carbocycles. The second-order valence-electron chi connectivity index (χ2n) is 7.53. The van der Waals surface area contributed by atoms with E-state index in [2.05, 4.69) is 9.97 Å². The van der Waals surface area contributed by atoms with Crippen molar-refractivity contribution in [2.24, 2.45) is 0 Å². The number of alkyl halides is 3. The average Bonchev–Trinajstić information content (AvgIpc) is 3.38.